The zero-order valence-electron chi connectivity index (χ0n) is 12.6. The summed E-state index contributed by atoms with van der Waals surface area (Å²) in [6, 6.07) is 11.6. The molecule has 1 heterocycles. The summed E-state index contributed by atoms with van der Waals surface area (Å²) in [6.07, 6.45) is 0.183. The Morgan fingerprint density at radius 1 is 1.09 bits per heavy atom. The number of carbonyl (C=O) groups excluding carboxylic acids is 2. The van der Waals surface area contributed by atoms with E-state index in [9.17, 15) is 9.59 Å². The van der Waals surface area contributed by atoms with Crippen LogP contribution in [0.1, 0.15) is 49.1 Å². The van der Waals surface area contributed by atoms with Crippen molar-refractivity contribution in [2.24, 2.45) is 5.92 Å². The molecule has 2 aliphatic rings. The number of rotatable bonds is 1. The number of ether oxygens (including phenoxy) is 1. The Morgan fingerprint density at radius 2 is 1.91 bits per heavy atom. The summed E-state index contributed by atoms with van der Waals surface area (Å²) < 4.78 is 5.55. The maximum Gasteiger partial charge on any atom is 0.339 e. The van der Waals surface area contributed by atoms with E-state index in [1.165, 1.54) is 0 Å². The molecule has 0 saturated carbocycles. The van der Waals surface area contributed by atoms with E-state index in [2.05, 4.69) is 0 Å². The molecule has 1 aliphatic heterocycles. The van der Waals surface area contributed by atoms with Crippen molar-refractivity contribution in [3.05, 3.63) is 69.8 Å². The lowest BCUT2D eigenvalue weighted by molar-refractivity contribution is 0.0252. The second-order valence-electron chi connectivity index (χ2n) is 6.20. The Morgan fingerprint density at radius 3 is 2.68 bits per heavy atom. The number of benzene rings is 2. The van der Waals surface area contributed by atoms with Gasteiger partial charge < -0.3 is 4.74 Å². The Balaban J connectivity index is 1.78. The Labute approximate surface area is 128 Å². The first-order chi connectivity index (χ1) is 10.6. The van der Waals surface area contributed by atoms with Crippen LogP contribution in [-0.4, -0.2) is 11.8 Å². The zero-order valence-corrected chi connectivity index (χ0v) is 12.6. The van der Waals surface area contributed by atoms with E-state index in [4.69, 9.17) is 4.74 Å². The van der Waals surface area contributed by atoms with Crippen molar-refractivity contribution >= 4 is 11.8 Å². The standard InChI is InChI=1S/C19H16O3/c1-10-6-7-13-14(8-10)18(22-19(13)21)15-9-12-5-3-4-11(2)16(12)17(15)20/h3-8,15,18H,9H2,1-2H3/t15-,18-/m1/s1. The number of hydrogen-bond acceptors (Lipinski definition) is 3. The van der Waals surface area contributed by atoms with Gasteiger partial charge in [0.25, 0.3) is 0 Å². The maximum atomic E-state index is 12.8. The number of fused-ring (bicyclic) bond motifs is 2. The monoisotopic (exact) mass is 292 g/mol. The van der Waals surface area contributed by atoms with Crippen molar-refractivity contribution in [1.82, 2.24) is 0 Å². The van der Waals surface area contributed by atoms with Gasteiger partial charge in [0, 0.05) is 11.1 Å². The Hall–Kier alpha value is -2.42. The van der Waals surface area contributed by atoms with E-state index < -0.39 is 6.10 Å². The van der Waals surface area contributed by atoms with Crippen LogP contribution >= 0.6 is 0 Å². The third-order valence-electron chi connectivity index (χ3n) is 4.72. The largest absolute Gasteiger partial charge is 0.453 e. The first-order valence-corrected chi connectivity index (χ1v) is 7.50. The molecule has 2 aromatic rings. The van der Waals surface area contributed by atoms with Crippen molar-refractivity contribution in [1.29, 1.82) is 0 Å². The molecule has 2 aromatic carbocycles. The number of esters is 1. The highest BCUT2D eigenvalue weighted by Gasteiger charge is 2.44. The minimum absolute atomic E-state index is 0.0975. The molecule has 22 heavy (non-hydrogen) atoms. The van der Waals surface area contributed by atoms with Gasteiger partial charge in [0.15, 0.2) is 5.78 Å². The summed E-state index contributed by atoms with van der Waals surface area (Å²) in [7, 11) is 0. The molecule has 3 heteroatoms. The number of Topliss-reactive ketones (excluding diaryl/α,β-unsaturated/α-hetero) is 1. The first-order valence-electron chi connectivity index (χ1n) is 7.50. The molecule has 0 amide bonds. The van der Waals surface area contributed by atoms with Gasteiger partial charge in [-0.1, -0.05) is 35.9 Å². The van der Waals surface area contributed by atoms with E-state index in [0.29, 0.717) is 12.0 Å². The van der Waals surface area contributed by atoms with E-state index in [-0.39, 0.29) is 17.7 Å². The van der Waals surface area contributed by atoms with Crippen LogP contribution in [0.25, 0.3) is 0 Å². The Kier molecular flexibility index (Phi) is 2.73. The van der Waals surface area contributed by atoms with Gasteiger partial charge in [0.2, 0.25) is 0 Å². The molecule has 110 valence electrons. The van der Waals surface area contributed by atoms with Gasteiger partial charge in [-0.05, 0) is 37.5 Å². The number of ketones is 1. The maximum absolute atomic E-state index is 12.8. The normalized spacial score (nSPS) is 22.5. The van der Waals surface area contributed by atoms with Gasteiger partial charge in [0.05, 0.1) is 11.5 Å². The third-order valence-corrected chi connectivity index (χ3v) is 4.72. The van der Waals surface area contributed by atoms with E-state index in [1.54, 1.807) is 6.07 Å². The van der Waals surface area contributed by atoms with Crippen molar-refractivity contribution in [2.75, 3.05) is 0 Å². The molecule has 2 atom stereocenters. The van der Waals surface area contributed by atoms with Crippen molar-refractivity contribution in [3.63, 3.8) is 0 Å². The van der Waals surface area contributed by atoms with Crippen molar-refractivity contribution < 1.29 is 14.3 Å². The Bertz CT molecular complexity index is 819. The van der Waals surface area contributed by atoms with E-state index in [0.717, 1.165) is 27.8 Å². The van der Waals surface area contributed by atoms with E-state index in [1.807, 2.05) is 44.2 Å². The third kappa shape index (κ3) is 1.75. The van der Waals surface area contributed by atoms with Crippen LogP contribution in [-0.2, 0) is 11.2 Å². The predicted molar refractivity (Wildman–Crippen MR) is 82.0 cm³/mol. The van der Waals surface area contributed by atoms with Crippen LogP contribution in [0.2, 0.25) is 0 Å². The molecular weight excluding hydrogens is 276 g/mol. The minimum Gasteiger partial charge on any atom is -0.453 e. The molecular formula is C19H16O3. The highest BCUT2D eigenvalue weighted by Crippen LogP contribution is 2.43. The number of cyclic esters (lactones) is 1. The summed E-state index contributed by atoms with van der Waals surface area (Å²) in [5, 5.41) is 0. The molecule has 0 N–H and O–H groups in total. The van der Waals surface area contributed by atoms with Crippen LogP contribution in [0.5, 0.6) is 0 Å². The number of aryl methyl sites for hydroxylation is 2. The molecule has 0 unspecified atom stereocenters. The van der Waals surface area contributed by atoms with Gasteiger partial charge >= 0.3 is 5.97 Å². The summed E-state index contributed by atoms with van der Waals surface area (Å²) in [6.45, 7) is 3.94. The summed E-state index contributed by atoms with van der Waals surface area (Å²) >= 11 is 0. The highest BCUT2D eigenvalue weighted by molar-refractivity contribution is 6.05. The smallest absolute Gasteiger partial charge is 0.339 e. The summed E-state index contributed by atoms with van der Waals surface area (Å²) in [5.41, 5.74) is 5.39. The topological polar surface area (TPSA) is 43.4 Å². The fraction of sp³-hybridized carbons (Fsp3) is 0.263. The van der Waals surface area contributed by atoms with Crippen LogP contribution in [0.3, 0.4) is 0 Å². The molecule has 0 aromatic heterocycles. The van der Waals surface area contributed by atoms with Gasteiger partial charge in [-0.25, -0.2) is 4.79 Å². The van der Waals surface area contributed by atoms with Gasteiger partial charge in [0.1, 0.15) is 6.10 Å². The minimum atomic E-state index is -0.457. The van der Waals surface area contributed by atoms with Gasteiger partial charge in [-0.2, -0.15) is 0 Å². The van der Waals surface area contributed by atoms with Crippen molar-refractivity contribution in [2.45, 2.75) is 26.4 Å². The summed E-state index contributed by atoms with van der Waals surface area (Å²) in [4.78, 5) is 24.9. The molecule has 3 nitrogen and oxygen atoms in total. The highest BCUT2D eigenvalue weighted by atomic mass is 16.5. The van der Waals surface area contributed by atoms with Gasteiger partial charge in [-0.15, -0.1) is 0 Å². The lowest BCUT2D eigenvalue weighted by atomic mass is 9.90. The van der Waals surface area contributed by atoms with Crippen molar-refractivity contribution in [3.8, 4) is 0 Å². The number of hydrogen-bond donors (Lipinski definition) is 0. The number of carbonyl (C=O) groups is 2. The van der Waals surface area contributed by atoms with Crippen LogP contribution in [0.4, 0.5) is 0 Å². The second-order valence-corrected chi connectivity index (χ2v) is 6.20. The fourth-order valence-corrected chi connectivity index (χ4v) is 3.66. The van der Waals surface area contributed by atoms with Crippen LogP contribution in [0, 0.1) is 19.8 Å². The molecule has 0 radical (unpaired) electrons. The summed E-state index contributed by atoms with van der Waals surface area (Å²) in [5.74, 6) is -0.524. The lowest BCUT2D eigenvalue weighted by Gasteiger charge is -2.17. The average Bonchev–Trinajstić information content (AvgIpc) is 2.98. The van der Waals surface area contributed by atoms with E-state index >= 15 is 0 Å². The lowest BCUT2D eigenvalue weighted by Crippen LogP contribution is -2.19. The molecule has 0 saturated heterocycles. The van der Waals surface area contributed by atoms with Gasteiger partial charge in [-0.3, -0.25) is 4.79 Å². The quantitative estimate of drug-likeness (QED) is 0.755. The second kappa shape index (κ2) is 4.54. The zero-order chi connectivity index (χ0) is 15.4. The average molecular weight is 292 g/mol. The molecule has 0 fully saturated rings. The van der Waals surface area contributed by atoms with Crippen LogP contribution in [0.15, 0.2) is 36.4 Å². The van der Waals surface area contributed by atoms with Crippen LogP contribution < -0.4 is 0 Å². The molecule has 0 bridgehead atoms. The molecule has 1 aliphatic carbocycles. The predicted octanol–water partition coefficient (Wildman–Crippen LogP) is 3.57. The SMILES string of the molecule is Cc1ccc2c(c1)[C@H]([C@@H]1Cc3cccc(C)c3C1=O)OC2=O. The molecule has 0 spiro atoms. The molecule has 4 rings (SSSR count). The first kappa shape index (κ1) is 13.3. The fourth-order valence-electron chi connectivity index (χ4n) is 3.66.